The molecule has 0 radical (unpaired) electrons. The average molecular weight is 236 g/mol. The molecule has 0 fully saturated rings. The van der Waals surface area contributed by atoms with Gasteiger partial charge in [0.05, 0.1) is 5.69 Å². The van der Waals surface area contributed by atoms with Gasteiger partial charge < -0.3 is 10.6 Å². The largest absolute Gasteiger partial charge is 0.381 e. The van der Waals surface area contributed by atoms with Crippen LogP contribution in [0.15, 0.2) is 30.9 Å². The van der Waals surface area contributed by atoms with Crippen LogP contribution in [0, 0.1) is 5.82 Å². The lowest BCUT2D eigenvalue weighted by Crippen LogP contribution is -2.17. The fraction of sp³-hybridized carbons (Fsp3) is 0.308. The molecule has 0 aliphatic carbocycles. The van der Waals surface area contributed by atoms with Gasteiger partial charge in [0.1, 0.15) is 11.5 Å². The molecule has 1 aromatic carbocycles. The van der Waals surface area contributed by atoms with Gasteiger partial charge in [0.2, 0.25) is 5.91 Å². The second-order valence-electron chi connectivity index (χ2n) is 3.81. The van der Waals surface area contributed by atoms with Crippen molar-refractivity contribution < 1.29 is 9.18 Å². The SMILES string of the molecule is C=CC(=O)Nc1c(F)cccc1NC(C)CC. The molecule has 0 aliphatic rings. The molecule has 1 aromatic rings. The van der Waals surface area contributed by atoms with Crippen LogP contribution >= 0.6 is 0 Å². The molecule has 3 nitrogen and oxygen atoms in total. The molecule has 0 saturated carbocycles. The third kappa shape index (κ3) is 3.59. The lowest BCUT2D eigenvalue weighted by Gasteiger charge is -2.17. The van der Waals surface area contributed by atoms with Gasteiger partial charge in [0.15, 0.2) is 0 Å². The third-order valence-electron chi connectivity index (χ3n) is 2.46. The van der Waals surface area contributed by atoms with E-state index in [1.54, 1.807) is 12.1 Å². The highest BCUT2D eigenvalue weighted by Gasteiger charge is 2.11. The van der Waals surface area contributed by atoms with Gasteiger partial charge in [-0.3, -0.25) is 4.79 Å². The van der Waals surface area contributed by atoms with Crippen molar-refractivity contribution >= 4 is 17.3 Å². The van der Waals surface area contributed by atoms with Crippen LogP contribution in [0.1, 0.15) is 20.3 Å². The van der Waals surface area contributed by atoms with E-state index in [9.17, 15) is 9.18 Å². The van der Waals surface area contributed by atoms with Gasteiger partial charge in [-0.15, -0.1) is 0 Å². The number of carbonyl (C=O) groups excluding carboxylic acids is 1. The smallest absolute Gasteiger partial charge is 0.247 e. The fourth-order valence-corrected chi connectivity index (χ4v) is 1.31. The summed E-state index contributed by atoms with van der Waals surface area (Å²) in [4.78, 5) is 11.2. The van der Waals surface area contributed by atoms with Crippen molar-refractivity contribution in [2.24, 2.45) is 0 Å². The predicted octanol–water partition coefficient (Wildman–Crippen LogP) is 3.16. The highest BCUT2D eigenvalue weighted by atomic mass is 19.1. The molecule has 1 unspecified atom stereocenters. The number of halogens is 1. The van der Waals surface area contributed by atoms with Crippen molar-refractivity contribution in [3.05, 3.63) is 36.7 Å². The Kier molecular flexibility index (Phi) is 4.69. The van der Waals surface area contributed by atoms with E-state index in [1.165, 1.54) is 6.07 Å². The van der Waals surface area contributed by atoms with Crippen molar-refractivity contribution in [3.8, 4) is 0 Å². The number of nitrogens with one attached hydrogen (secondary N) is 2. The van der Waals surface area contributed by atoms with E-state index in [4.69, 9.17) is 0 Å². The minimum absolute atomic E-state index is 0.165. The van der Waals surface area contributed by atoms with E-state index in [0.29, 0.717) is 5.69 Å². The number of anilines is 2. The molecule has 4 heteroatoms. The Morgan fingerprint density at radius 1 is 1.59 bits per heavy atom. The molecule has 17 heavy (non-hydrogen) atoms. The number of hydrogen-bond acceptors (Lipinski definition) is 2. The molecule has 0 bridgehead atoms. The van der Waals surface area contributed by atoms with E-state index in [1.807, 2.05) is 13.8 Å². The van der Waals surface area contributed by atoms with Crippen LogP contribution in [0.2, 0.25) is 0 Å². The van der Waals surface area contributed by atoms with E-state index >= 15 is 0 Å². The minimum Gasteiger partial charge on any atom is -0.381 e. The van der Waals surface area contributed by atoms with Crippen molar-refractivity contribution in [3.63, 3.8) is 0 Å². The number of amides is 1. The van der Waals surface area contributed by atoms with Crippen LogP contribution in [-0.2, 0) is 4.79 Å². The summed E-state index contributed by atoms with van der Waals surface area (Å²) >= 11 is 0. The molecular formula is C13H17FN2O. The Morgan fingerprint density at radius 3 is 2.88 bits per heavy atom. The van der Waals surface area contributed by atoms with Crippen molar-refractivity contribution in [2.45, 2.75) is 26.3 Å². The summed E-state index contributed by atoms with van der Waals surface area (Å²) < 4.78 is 13.6. The van der Waals surface area contributed by atoms with Gasteiger partial charge in [-0.25, -0.2) is 4.39 Å². The van der Waals surface area contributed by atoms with Crippen LogP contribution < -0.4 is 10.6 Å². The van der Waals surface area contributed by atoms with Gasteiger partial charge in [-0.1, -0.05) is 19.6 Å². The zero-order valence-corrected chi connectivity index (χ0v) is 10.1. The second-order valence-corrected chi connectivity index (χ2v) is 3.81. The van der Waals surface area contributed by atoms with Gasteiger partial charge in [-0.2, -0.15) is 0 Å². The van der Waals surface area contributed by atoms with Gasteiger partial charge >= 0.3 is 0 Å². The number of rotatable bonds is 5. The summed E-state index contributed by atoms with van der Waals surface area (Å²) in [5.41, 5.74) is 0.743. The normalized spacial score (nSPS) is 11.7. The van der Waals surface area contributed by atoms with Crippen molar-refractivity contribution in [1.29, 1.82) is 0 Å². The Labute approximate surface area is 101 Å². The molecule has 0 aromatic heterocycles. The molecule has 0 heterocycles. The standard InChI is InChI=1S/C13H17FN2O/c1-4-9(3)15-11-8-6-7-10(14)13(11)16-12(17)5-2/h5-9,15H,2,4H2,1,3H3,(H,16,17). The predicted molar refractivity (Wildman–Crippen MR) is 68.6 cm³/mol. The number of hydrogen-bond donors (Lipinski definition) is 2. The fourth-order valence-electron chi connectivity index (χ4n) is 1.31. The van der Waals surface area contributed by atoms with E-state index in [-0.39, 0.29) is 11.7 Å². The van der Waals surface area contributed by atoms with Gasteiger partial charge in [-0.05, 0) is 31.6 Å². The third-order valence-corrected chi connectivity index (χ3v) is 2.46. The molecule has 2 N–H and O–H groups in total. The minimum atomic E-state index is -0.464. The number of para-hydroxylation sites is 1. The molecule has 0 saturated heterocycles. The van der Waals surface area contributed by atoms with Gasteiger partial charge in [0.25, 0.3) is 0 Å². The summed E-state index contributed by atoms with van der Waals surface area (Å²) in [6.45, 7) is 7.36. The maximum atomic E-state index is 13.6. The second kappa shape index (κ2) is 6.03. The molecular weight excluding hydrogens is 219 g/mol. The highest BCUT2D eigenvalue weighted by Crippen LogP contribution is 2.26. The molecule has 0 spiro atoms. The zero-order valence-electron chi connectivity index (χ0n) is 10.1. The summed E-state index contributed by atoms with van der Waals surface area (Å²) in [6, 6.07) is 4.84. The van der Waals surface area contributed by atoms with E-state index in [2.05, 4.69) is 17.2 Å². The van der Waals surface area contributed by atoms with E-state index < -0.39 is 11.7 Å². The Bertz CT molecular complexity index is 418. The number of benzene rings is 1. The number of carbonyl (C=O) groups is 1. The van der Waals surface area contributed by atoms with Crippen molar-refractivity contribution in [1.82, 2.24) is 0 Å². The van der Waals surface area contributed by atoms with Crippen LogP contribution in [0.3, 0.4) is 0 Å². The first-order valence-electron chi connectivity index (χ1n) is 5.57. The quantitative estimate of drug-likeness (QED) is 0.771. The zero-order chi connectivity index (χ0) is 12.8. The topological polar surface area (TPSA) is 41.1 Å². The average Bonchev–Trinajstić information content (AvgIpc) is 2.33. The lowest BCUT2D eigenvalue weighted by atomic mass is 10.2. The first-order valence-corrected chi connectivity index (χ1v) is 5.57. The van der Waals surface area contributed by atoms with Crippen LogP contribution in [0.4, 0.5) is 15.8 Å². The monoisotopic (exact) mass is 236 g/mol. The highest BCUT2D eigenvalue weighted by molar-refractivity contribution is 6.01. The lowest BCUT2D eigenvalue weighted by molar-refractivity contribution is -0.111. The first-order chi connectivity index (χ1) is 8.08. The van der Waals surface area contributed by atoms with Crippen LogP contribution in [-0.4, -0.2) is 11.9 Å². The Balaban J connectivity index is 2.99. The van der Waals surface area contributed by atoms with Crippen LogP contribution in [0.25, 0.3) is 0 Å². The van der Waals surface area contributed by atoms with E-state index in [0.717, 1.165) is 12.5 Å². The van der Waals surface area contributed by atoms with Crippen LogP contribution in [0.5, 0.6) is 0 Å². The Hall–Kier alpha value is -1.84. The van der Waals surface area contributed by atoms with Crippen molar-refractivity contribution in [2.75, 3.05) is 10.6 Å². The summed E-state index contributed by atoms with van der Waals surface area (Å²) in [6.07, 6.45) is 2.02. The molecule has 1 atom stereocenters. The summed E-state index contributed by atoms with van der Waals surface area (Å²) in [7, 11) is 0. The molecule has 1 rings (SSSR count). The molecule has 1 amide bonds. The summed E-state index contributed by atoms with van der Waals surface area (Å²) in [5, 5.41) is 5.60. The maximum Gasteiger partial charge on any atom is 0.247 e. The molecule has 0 aliphatic heterocycles. The molecule has 92 valence electrons. The summed E-state index contributed by atoms with van der Waals surface area (Å²) in [5.74, 6) is -0.893. The van der Waals surface area contributed by atoms with Gasteiger partial charge in [0, 0.05) is 6.04 Å². The first kappa shape index (κ1) is 13.2. The Morgan fingerprint density at radius 2 is 2.29 bits per heavy atom. The maximum absolute atomic E-state index is 13.6.